The largest absolute Gasteiger partial charge is 0.347 e. The number of hydrogen-bond donors (Lipinski definition) is 1. The quantitative estimate of drug-likeness (QED) is 0.182. The maximum atomic E-state index is 4.01. The lowest BCUT2D eigenvalue weighted by Crippen LogP contribution is -2.28. The molecule has 3 heteroatoms. The van der Waals surface area contributed by atoms with Gasteiger partial charge in [-0.05, 0) is 105 Å². The van der Waals surface area contributed by atoms with Gasteiger partial charge in [-0.3, -0.25) is 4.57 Å². The minimum Gasteiger partial charge on any atom is -0.347 e. The van der Waals surface area contributed by atoms with Crippen LogP contribution in [0, 0.1) is 0 Å². The van der Waals surface area contributed by atoms with Crippen molar-refractivity contribution in [1.82, 2.24) is 14.5 Å². The summed E-state index contributed by atoms with van der Waals surface area (Å²) in [6.07, 6.45) is 6.56. The zero-order valence-electron chi connectivity index (χ0n) is 30.7. The zero-order valence-corrected chi connectivity index (χ0v) is 30.7. The average molecular weight is 716 g/mol. The van der Waals surface area contributed by atoms with Crippen LogP contribution < -0.4 is 5.32 Å². The third-order valence-electron chi connectivity index (χ3n) is 11.4. The summed E-state index contributed by atoms with van der Waals surface area (Å²) in [5.41, 5.74) is 14.4. The van der Waals surface area contributed by atoms with Crippen molar-refractivity contribution in [3.63, 3.8) is 0 Å². The number of nitrogens with zero attached hydrogens (tertiary/aromatic N) is 2. The second-order valence-corrected chi connectivity index (χ2v) is 14.6. The van der Waals surface area contributed by atoms with Gasteiger partial charge >= 0.3 is 0 Å². The molecule has 8 aromatic carbocycles. The fourth-order valence-corrected chi connectivity index (χ4v) is 8.67. The molecular weight excluding hydrogens is 679 g/mol. The third kappa shape index (κ3) is 5.36. The molecule has 0 saturated carbocycles. The second kappa shape index (κ2) is 13.2. The number of aromatic nitrogens is 2. The minimum atomic E-state index is -0.125. The maximum Gasteiger partial charge on any atom is 0.124 e. The molecule has 0 aliphatic carbocycles. The summed E-state index contributed by atoms with van der Waals surface area (Å²) < 4.78 is 4.87. The molecule has 0 amide bonds. The van der Waals surface area contributed by atoms with Crippen molar-refractivity contribution in [3.05, 3.63) is 212 Å². The molecule has 11 rings (SSSR count). The van der Waals surface area contributed by atoms with Gasteiger partial charge in [-0.25, -0.2) is 0 Å². The van der Waals surface area contributed by atoms with E-state index in [1.165, 1.54) is 88.1 Å². The normalized spacial score (nSPS) is 14.1. The topological polar surface area (TPSA) is 21.9 Å². The monoisotopic (exact) mass is 715 g/mol. The summed E-state index contributed by atoms with van der Waals surface area (Å²) in [6.45, 7) is 0. The molecule has 3 heterocycles. The molecule has 1 aliphatic heterocycles. The van der Waals surface area contributed by atoms with Crippen molar-refractivity contribution in [2.24, 2.45) is 0 Å². The van der Waals surface area contributed by atoms with Crippen LogP contribution in [0.2, 0.25) is 0 Å². The molecule has 1 aliphatic rings. The molecule has 56 heavy (non-hydrogen) atoms. The Morgan fingerprint density at radius 1 is 0.339 bits per heavy atom. The molecule has 264 valence electrons. The van der Waals surface area contributed by atoms with E-state index < -0.39 is 0 Å². The molecule has 1 atom stereocenters. The number of rotatable bonds is 6. The fourth-order valence-electron chi connectivity index (χ4n) is 8.67. The van der Waals surface area contributed by atoms with E-state index in [0.717, 1.165) is 5.82 Å². The number of nitrogens with one attached hydrogen (secondary N) is 1. The first-order valence-corrected chi connectivity index (χ1v) is 19.3. The van der Waals surface area contributed by atoms with Gasteiger partial charge in [0.1, 0.15) is 12.0 Å². The average Bonchev–Trinajstić information content (AvgIpc) is 3.79. The van der Waals surface area contributed by atoms with Crippen LogP contribution in [-0.2, 0) is 0 Å². The van der Waals surface area contributed by atoms with Crippen LogP contribution in [0.1, 0.15) is 6.17 Å². The number of benzene rings is 8. The van der Waals surface area contributed by atoms with E-state index in [0.29, 0.717) is 0 Å². The molecule has 0 spiro atoms. The highest BCUT2D eigenvalue weighted by Crippen LogP contribution is 2.40. The lowest BCUT2D eigenvalue weighted by Gasteiger charge is -2.26. The lowest BCUT2D eigenvalue weighted by molar-refractivity contribution is 0.577. The van der Waals surface area contributed by atoms with Crippen LogP contribution in [0.5, 0.6) is 0 Å². The van der Waals surface area contributed by atoms with E-state index in [-0.39, 0.29) is 6.17 Å². The van der Waals surface area contributed by atoms with Crippen LogP contribution in [0.4, 0.5) is 0 Å². The Balaban J connectivity index is 1.07. The van der Waals surface area contributed by atoms with Gasteiger partial charge in [0.15, 0.2) is 0 Å². The predicted octanol–water partition coefficient (Wildman–Crippen LogP) is 13.7. The Bertz CT molecular complexity index is 2940. The minimum absolute atomic E-state index is 0.125. The molecule has 3 nitrogen and oxygen atoms in total. The van der Waals surface area contributed by atoms with Crippen LogP contribution in [0.15, 0.2) is 212 Å². The zero-order chi connectivity index (χ0) is 37.0. The summed E-state index contributed by atoms with van der Waals surface area (Å²) in [5.74, 6) is 1.04. The summed E-state index contributed by atoms with van der Waals surface area (Å²) in [6, 6.07) is 70.3. The molecule has 0 radical (unpaired) electrons. The summed E-state index contributed by atoms with van der Waals surface area (Å²) in [7, 11) is 0. The highest BCUT2D eigenvalue weighted by Gasteiger charge is 2.23. The molecular formula is C53H37N3. The Morgan fingerprint density at radius 3 is 1.05 bits per heavy atom. The van der Waals surface area contributed by atoms with E-state index in [9.17, 15) is 0 Å². The van der Waals surface area contributed by atoms with Gasteiger partial charge in [-0.2, -0.15) is 0 Å². The summed E-state index contributed by atoms with van der Waals surface area (Å²) >= 11 is 0. The first-order valence-electron chi connectivity index (χ1n) is 19.3. The molecule has 0 fully saturated rings. The first kappa shape index (κ1) is 32.1. The molecule has 1 N–H and O–H groups in total. The van der Waals surface area contributed by atoms with Gasteiger partial charge in [-0.15, -0.1) is 0 Å². The smallest absolute Gasteiger partial charge is 0.124 e. The van der Waals surface area contributed by atoms with E-state index in [4.69, 9.17) is 0 Å². The molecule has 10 aromatic rings. The molecule has 2 aromatic heterocycles. The molecule has 1 unspecified atom stereocenters. The van der Waals surface area contributed by atoms with Crippen molar-refractivity contribution < 1.29 is 0 Å². The van der Waals surface area contributed by atoms with Crippen LogP contribution in [0.25, 0.3) is 93.9 Å². The van der Waals surface area contributed by atoms with E-state index in [1.54, 1.807) is 0 Å². The highest BCUT2D eigenvalue weighted by atomic mass is 15.3. The maximum absolute atomic E-state index is 4.01. The number of fused-ring (bicyclic) bond motifs is 6. The number of allylic oxidation sites excluding steroid dienone is 2. The van der Waals surface area contributed by atoms with Gasteiger partial charge in [0.25, 0.3) is 0 Å². The Kier molecular flexibility index (Phi) is 7.56. The summed E-state index contributed by atoms with van der Waals surface area (Å²) in [4.78, 5) is 0. The van der Waals surface area contributed by atoms with Crippen LogP contribution >= 0.6 is 0 Å². The number of dihydropyridines is 1. The SMILES string of the molecule is C1=CC(n2c3ccc(-c4ccccc4)cc3c3cc(-c4ccccc4)ccc32)NC(n2c3ccc(-c4ccccc4)cc3c3cc(-c4ccccc4)ccc32)=C1. The Morgan fingerprint density at radius 2 is 0.679 bits per heavy atom. The van der Waals surface area contributed by atoms with Gasteiger partial charge in [0, 0.05) is 21.5 Å². The highest BCUT2D eigenvalue weighted by molar-refractivity contribution is 6.13. The van der Waals surface area contributed by atoms with Crippen molar-refractivity contribution >= 4 is 49.4 Å². The van der Waals surface area contributed by atoms with Crippen LogP contribution in [0.3, 0.4) is 0 Å². The predicted molar refractivity (Wildman–Crippen MR) is 236 cm³/mol. The Hall–Kier alpha value is -7.36. The van der Waals surface area contributed by atoms with Gasteiger partial charge in [0.05, 0.1) is 22.1 Å². The van der Waals surface area contributed by atoms with Gasteiger partial charge in [0.2, 0.25) is 0 Å². The van der Waals surface area contributed by atoms with Gasteiger partial charge in [-0.1, -0.05) is 152 Å². The summed E-state index contributed by atoms with van der Waals surface area (Å²) in [5, 5.41) is 8.95. The lowest BCUT2D eigenvalue weighted by atomic mass is 10.0. The van der Waals surface area contributed by atoms with E-state index >= 15 is 0 Å². The van der Waals surface area contributed by atoms with Crippen molar-refractivity contribution in [3.8, 4) is 44.5 Å². The standard InChI is InChI=1S/C53H37N3/c1-5-14-36(15-6-1)40-24-28-48-44(32-40)45-33-41(37-16-7-2-8-17-37)25-29-49(45)55(48)52-22-13-23-53(54-52)56-50-30-26-42(38-18-9-3-10-19-38)34-46(50)47-35-43(27-31-51(47)56)39-20-11-4-12-21-39/h1-35,52,54H. The van der Waals surface area contributed by atoms with Crippen LogP contribution in [-0.4, -0.2) is 9.13 Å². The second-order valence-electron chi connectivity index (χ2n) is 14.6. The Labute approximate surface area is 325 Å². The van der Waals surface area contributed by atoms with Gasteiger partial charge < -0.3 is 9.88 Å². The molecule has 0 saturated heterocycles. The van der Waals surface area contributed by atoms with Crippen molar-refractivity contribution in [2.45, 2.75) is 6.17 Å². The van der Waals surface area contributed by atoms with E-state index in [1.807, 2.05) is 0 Å². The number of hydrogen-bond acceptors (Lipinski definition) is 1. The first-order chi connectivity index (χ1) is 27.8. The fraction of sp³-hybridized carbons (Fsp3) is 0.0189. The molecule has 0 bridgehead atoms. The van der Waals surface area contributed by atoms with Crippen molar-refractivity contribution in [1.29, 1.82) is 0 Å². The van der Waals surface area contributed by atoms with E-state index in [2.05, 4.69) is 227 Å². The third-order valence-corrected chi connectivity index (χ3v) is 11.4. The van der Waals surface area contributed by atoms with Crippen molar-refractivity contribution in [2.75, 3.05) is 0 Å².